The highest BCUT2D eigenvalue weighted by molar-refractivity contribution is 9.10. The maximum absolute atomic E-state index is 12.8. The average molecular weight is 397 g/mol. The molecule has 2 aromatic carbocycles. The van der Waals surface area contributed by atoms with E-state index >= 15 is 0 Å². The van der Waals surface area contributed by atoms with E-state index in [1.165, 1.54) is 50.6 Å². The molecule has 0 fully saturated rings. The fourth-order valence-corrected chi connectivity index (χ4v) is 2.47. The first-order valence-electron chi connectivity index (χ1n) is 6.83. The Balaban J connectivity index is 2.09. The van der Waals surface area contributed by atoms with Gasteiger partial charge in [0.05, 0.1) is 19.8 Å². The number of ether oxygens (including phenoxy) is 3. The predicted molar refractivity (Wildman–Crippen MR) is 88.3 cm³/mol. The van der Waals surface area contributed by atoms with Gasteiger partial charge in [-0.25, -0.2) is 9.18 Å². The summed E-state index contributed by atoms with van der Waals surface area (Å²) in [4.78, 5) is 24.1. The number of hydrogen-bond donors (Lipinski definition) is 0. The van der Waals surface area contributed by atoms with Crippen LogP contribution in [0.2, 0.25) is 0 Å². The van der Waals surface area contributed by atoms with Crippen LogP contribution < -0.4 is 9.47 Å². The summed E-state index contributed by atoms with van der Waals surface area (Å²) in [6.07, 6.45) is 0. The first-order valence-corrected chi connectivity index (χ1v) is 7.63. The third-order valence-electron chi connectivity index (χ3n) is 3.18. The lowest BCUT2D eigenvalue weighted by atomic mass is 10.1. The molecule has 2 rings (SSSR count). The van der Waals surface area contributed by atoms with Crippen LogP contribution in [0.4, 0.5) is 4.39 Å². The van der Waals surface area contributed by atoms with Gasteiger partial charge in [0.25, 0.3) is 0 Å². The number of methoxy groups -OCH3 is 2. The van der Waals surface area contributed by atoms with Crippen LogP contribution in [0.1, 0.15) is 20.7 Å². The molecular weight excluding hydrogens is 383 g/mol. The highest BCUT2D eigenvalue weighted by atomic mass is 79.9. The lowest BCUT2D eigenvalue weighted by Crippen LogP contribution is -2.14. The van der Waals surface area contributed by atoms with Crippen LogP contribution in [0.5, 0.6) is 11.5 Å². The molecule has 0 bridgehead atoms. The largest absolute Gasteiger partial charge is 0.495 e. The molecule has 0 N–H and O–H groups in total. The van der Waals surface area contributed by atoms with Crippen LogP contribution in [0.25, 0.3) is 0 Å². The van der Waals surface area contributed by atoms with E-state index in [0.29, 0.717) is 16.0 Å². The number of halogens is 2. The van der Waals surface area contributed by atoms with Gasteiger partial charge in [0, 0.05) is 5.56 Å². The van der Waals surface area contributed by atoms with Crippen LogP contribution in [-0.2, 0) is 4.74 Å². The molecule has 7 heteroatoms. The fourth-order valence-electron chi connectivity index (χ4n) is 1.92. The number of hydrogen-bond acceptors (Lipinski definition) is 5. The molecule has 0 aliphatic carbocycles. The van der Waals surface area contributed by atoms with E-state index in [1.54, 1.807) is 0 Å². The van der Waals surface area contributed by atoms with Gasteiger partial charge in [0.1, 0.15) is 21.8 Å². The monoisotopic (exact) mass is 396 g/mol. The van der Waals surface area contributed by atoms with Gasteiger partial charge in [-0.15, -0.1) is 0 Å². The zero-order chi connectivity index (χ0) is 17.7. The Morgan fingerprint density at radius 1 is 1.00 bits per heavy atom. The van der Waals surface area contributed by atoms with Gasteiger partial charge in [-0.1, -0.05) is 0 Å². The molecule has 0 atom stereocenters. The summed E-state index contributed by atoms with van der Waals surface area (Å²) in [5.41, 5.74) is 0.439. The van der Waals surface area contributed by atoms with Gasteiger partial charge < -0.3 is 14.2 Å². The minimum absolute atomic E-state index is 0.179. The molecule has 0 unspecified atom stereocenters. The number of rotatable bonds is 6. The van der Waals surface area contributed by atoms with Gasteiger partial charge in [-0.3, -0.25) is 4.79 Å². The van der Waals surface area contributed by atoms with Crippen LogP contribution >= 0.6 is 15.9 Å². The normalized spacial score (nSPS) is 10.2. The summed E-state index contributed by atoms with van der Waals surface area (Å²) >= 11 is 3.30. The quantitative estimate of drug-likeness (QED) is 0.550. The molecule has 2 aromatic rings. The van der Waals surface area contributed by atoms with E-state index in [-0.39, 0.29) is 11.1 Å². The van der Waals surface area contributed by atoms with Crippen molar-refractivity contribution < 1.29 is 28.2 Å². The van der Waals surface area contributed by atoms with E-state index in [9.17, 15) is 14.0 Å². The maximum Gasteiger partial charge on any atom is 0.338 e. The Morgan fingerprint density at radius 2 is 1.54 bits per heavy atom. The molecule has 0 aliphatic rings. The van der Waals surface area contributed by atoms with Gasteiger partial charge in [0.2, 0.25) is 0 Å². The van der Waals surface area contributed by atoms with Crippen LogP contribution in [0, 0.1) is 5.82 Å². The second kappa shape index (κ2) is 7.92. The second-order valence-corrected chi connectivity index (χ2v) is 5.49. The third kappa shape index (κ3) is 4.11. The summed E-state index contributed by atoms with van der Waals surface area (Å²) < 4.78 is 28.7. The number of Topliss-reactive ketones (excluding diaryl/α,β-unsaturated/α-hetero) is 1. The number of carbonyl (C=O) groups excluding carboxylic acids is 2. The smallest absolute Gasteiger partial charge is 0.338 e. The third-order valence-corrected chi connectivity index (χ3v) is 3.96. The minimum atomic E-state index is -0.699. The lowest BCUT2D eigenvalue weighted by Gasteiger charge is -2.11. The molecule has 0 aromatic heterocycles. The number of esters is 1. The Kier molecular flexibility index (Phi) is 5.92. The van der Waals surface area contributed by atoms with Crippen molar-refractivity contribution in [2.75, 3.05) is 20.8 Å². The average Bonchev–Trinajstić information content (AvgIpc) is 2.60. The summed E-state index contributed by atoms with van der Waals surface area (Å²) in [7, 11) is 2.90. The van der Waals surface area contributed by atoms with Crippen molar-refractivity contribution in [2.24, 2.45) is 0 Å². The Labute approximate surface area is 146 Å². The zero-order valence-corrected chi connectivity index (χ0v) is 14.6. The van der Waals surface area contributed by atoms with E-state index in [2.05, 4.69) is 15.9 Å². The highest BCUT2D eigenvalue weighted by Crippen LogP contribution is 2.35. The van der Waals surface area contributed by atoms with Crippen molar-refractivity contribution >= 4 is 27.7 Å². The van der Waals surface area contributed by atoms with Crippen molar-refractivity contribution in [1.29, 1.82) is 0 Å². The van der Waals surface area contributed by atoms with Gasteiger partial charge in [0.15, 0.2) is 12.4 Å². The van der Waals surface area contributed by atoms with Crippen molar-refractivity contribution in [3.8, 4) is 11.5 Å². The standard InChI is InChI=1S/C17H14BrFO5/c1-22-14-7-11(8-15(23-2)16(14)18)17(21)24-9-13(20)10-3-5-12(19)6-4-10/h3-8H,9H2,1-2H3. The minimum Gasteiger partial charge on any atom is -0.495 e. The summed E-state index contributed by atoms with van der Waals surface area (Å²) in [6, 6.07) is 7.93. The van der Waals surface area contributed by atoms with Gasteiger partial charge in [-0.2, -0.15) is 0 Å². The van der Waals surface area contributed by atoms with Crippen molar-refractivity contribution in [1.82, 2.24) is 0 Å². The molecular formula is C17H14BrFO5. The van der Waals surface area contributed by atoms with Crippen LogP contribution in [0.15, 0.2) is 40.9 Å². The molecule has 126 valence electrons. The highest BCUT2D eigenvalue weighted by Gasteiger charge is 2.17. The van der Waals surface area contributed by atoms with Crippen LogP contribution in [-0.4, -0.2) is 32.6 Å². The maximum atomic E-state index is 12.8. The Hall–Kier alpha value is -2.41. The summed E-state index contributed by atoms with van der Waals surface area (Å²) in [6.45, 7) is -0.453. The van der Waals surface area contributed by atoms with Crippen molar-refractivity contribution in [2.45, 2.75) is 0 Å². The molecule has 0 aliphatic heterocycles. The van der Waals surface area contributed by atoms with E-state index in [4.69, 9.17) is 14.2 Å². The Bertz CT molecular complexity index is 733. The molecule has 0 saturated heterocycles. The first-order chi connectivity index (χ1) is 11.5. The predicted octanol–water partition coefficient (Wildman–Crippen LogP) is 3.65. The first kappa shape index (κ1) is 17.9. The topological polar surface area (TPSA) is 61.8 Å². The van der Waals surface area contributed by atoms with Gasteiger partial charge >= 0.3 is 5.97 Å². The number of benzene rings is 2. The zero-order valence-electron chi connectivity index (χ0n) is 13.0. The van der Waals surface area contributed by atoms with E-state index < -0.39 is 24.2 Å². The Morgan fingerprint density at radius 3 is 2.04 bits per heavy atom. The molecule has 5 nitrogen and oxygen atoms in total. The number of carbonyl (C=O) groups is 2. The number of ketones is 1. The molecule has 0 heterocycles. The summed E-state index contributed by atoms with van der Waals surface area (Å²) in [5, 5.41) is 0. The van der Waals surface area contributed by atoms with Crippen molar-refractivity contribution in [3.05, 3.63) is 57.8 Å². The lowest BCUT2D eigenvalue weighted by molar-refractivity contribution is 0.0474. The second-order valence-electron chi connectivity index (χ2n) is 4.70. The van der Waals surface area contributed by atoms with Crippen LogP contribution in [0.3, 0.4) is 0 Å². The summed E-state index contributed by atoms with van der Waals surface area (Å²) in [5.74, 6) is -0.788. The van der Waals surface area contributed by atoms with E-state index in [0.717, 1.165) is 0 Å². The SMILES string of the molecule is COc1cc(C(=O)OCC(=O)c2ccc(F)cc2)cc(OC)c1Br. The molecule has 0 spiro atoms. The molecule has 0 saturated carbocycles. The molecule has 0 radical (unpaired) electrons. The van der Waals surface area contributed by atoms with Gasteiger partial charge in [-0.05, 0) is 52.3 Å². The molecule has 0 amide bonds. The molecule has 24 heavy (non-hydrogen) atoms. The fraction of sp³-hybridized carbons (Fsp3) is 0.176. The van der Waals surface area contributed by atoms with Crippen molar-refractivity contribution in [3.63, 3.8) is 0 Å². The van der Waals surface area contributed by atoms with E-state index in [1.807, 2.05) is 0 Å².